The van der Waals surface area contributed by atoms with E-state index in [0.717, 1.165) is 61.5 Å². The van der Waals surface area contributed by atoms with E-state index in [1.807, 2.05) is 48.5 Å². The Morgan fingerprint density at radius 3 is 1.91 bits per heavy atom. The highest BCUT2D eigenvalue weighted by atomic mass is 35.5. The molecule has 3 fully saturated rings. The molecule has 0 atom stereocenters. The van der Waals surface area contributed by atoms with Crippen LogP contribution < -0.4 is 5.32 Å². The van der Waals surface area contributed by atoms with Gasteiger partial charge in [0, 0.05) is 31.3 Å². The van der Waals surface area contributed by atoms with Gasteiger partial charge in [0.25, 0.3) is 0 Å². The van der Waals surface area contributed by atoms with Crippen LogP contribution in [0.5, 0.6) is 0 Å². The van der Waals surface area contributed by atoms with E-state index >= 15 is 0 Å². The van der Waals surface area contributed by atoms with Gasteiger partial charge < -0.3 is 15.0 Å². The van der Waals surface area contributed by atoms with E-state index in [2.05, 4.69) is 46.6 Å². The molecule has 1 N–H and O–H groups in total. The second-order valence-electron chi connectivity index (χ2n) is 9.69. The molecule has 3 heterocycles. The molecule has 6 rings (SSSR count). The van der Waals surface area contributed by atoms with Gasteiger partial charge in [0.05, 0.1) is 5.60 Å². The lowest BCUT2D eigenvalue weighted by Gasteiger charge is -2.43. The molecule has 0 saturated carbocycles. The van der Waals surface area contributed by atoms with Crippen LogP contribution in [-0.2, 0) is 20.5 Å². The zero-order valence-electron chi connectivity index (χ0n) is 20.1. The van der Waals surface area contributed by atoms with Crippen LogP contribution in [0.2, 0.25) is 5.02 Å². The molecule has 0 spiro atoms. The average molecular weight is 489 g/mol. The first-order valence-electron chi connectivity index (χ1n) is 12.6. The summed E-state index contributed by atoms with van der Waals surface area (Å²) in [6.45, 7) is 3.90. The van der Waals surface area contributed by atoms with Gasteiger partial charge in [0.15, 0.2) is 0 Å². The fourth-order valence-electron chi connectivity index (χ4n) is 5.70. The van der Waals surface area contributed by atoms with Crippen LogP contribution in [0.3, 0.4) is 0 Å². The largest absolute Gasteiger partial charge is 0.370 e. The Balaban J connectivity index is 1.48. The Hall–Kier alpha value is -2.66. The molecule has 3 saturated heterocycles. The number of carbonyl (C=O) groups is 1. The number of halogens is 1. The molecule has 35 heavy (non-hydrogen) atoms. The van der Waals surface area contributed by atoms with E-state index in [-0.39, 0.29) is 11.5 Å². The first kappa shape index (κ1) is 24.1. The van der Waals surface area contributed by atoms with Gasteiger partial charge in [-0.3, -0.25) is 4.79 Å². The van der Waals surface area contributed by atoms with Crippen LogP contribution in [0.15, 0.2) is 84.9 Å². The van der Waals surface area contributed by atoms with E-state index in [1.54, 1.807) is 0 Å². The highest BCUT2D eigenvalue weighted by Gasteiger charge is 2.43. The smallest absolute Gasteiger partial charge is 0.235 e. The maximum Gasteiger partial charge on any atom is 0.235 e. The van der Waals surface area contributed by atoms with Gasteiger partial charge in [0.2, 0.25) is 5.91 Å². The van der Waals surface area contributed by atoms with Gasteiger partial charge in [0.1, 0.15) is 5.41 Å². The van der Waals surface area contributed by atoms with E-state index in [9.17, 15) is 4.79 Å². The number of hydrogen-bond acceptors (Lipinski definition) is 3. The number of hydrogen-bond donors (Lipinski definition) is 1. The number of carbonyl (C=O) groups excluding carboxylic acids is 1. The van der Waals surface area contributed by atoms with E-state index in [0.29, 0.717) is 13.2 Å². The van der Waals surface area contributed by atoms with Crippen molar-refractivity contribution in [2.24, 2.45) is 0 Å². The second-order valence-corrected chi connectivity index (χ2v) is 10.1. The van der Waals surface area contributed by atoms with Crippen molar-refractivity contribution in [2.75, 3.05) is 32.8 Å². The molecule has 3 aliphatic heterocycles. The predicted octanol–water partition coefficient (Wildman–Crippen LogP) is 5.54. The zero-order valence-corrected chi connectivity index (χ0v) is 20.8. The molecule has 0 unspecified atom stereocenters. The maximum atomic E-state index is 14.0. The van der Waals surface area contributed by atoms with Gasteiger partial charge in [-0.2, -0.15) is 0 Å². The monoisotopic (exact) mass is 488 g/mol. The Kier molecular flexibility index (Phi) is 7.24. The van der Waals surface area contributed by atoms with Crippen LogP contribution in [0.4, 0.5) is 0 Å². The molecule has 3 aromatic carbocycles. The molecular formula is C30H33ClN2O2. The minimum absolute atomic E-state index is 0.0670. The van der Waals surface area contributed by atoms with E-state index in [4.69, 9.17) is 16.3 Å². The number of ether oxygens (including phenoxy) is 1. The van der Waals surface area contributed by atoms with Crippen LogP contribution in [0.1, 0.15) is 42.4 Å². The van der Waals surface area contributed by atoms with Crippen LogP contribution in [-0.4, -0.2) is 43.6 Å². The molecule has 0 radical (unpaired) electrons. The molecule has 182 valence electrons. The van der Waals surface area contributed by atoms with Crippen molar-refractivity contribution in [3.63, 3.8) is 0 Å². The molecule has 0 aliphatic carbocycles. The SMILES string of the molecule is O=C1NCCCOC2(c3ccc(Cl)cc3)CCN(CC2)CCC1(c1ccccc1)c1ccccc1. The van der Waals surface area contributed by atoms with Gasteiger partial charge in [-0.05, 0) is 61.1 Å². The number of rotatable bonds is 3. The first-order valence-corrected chi connectivity index (χ1v) is 13.0. The lowest BCUT2D eigenvalue weighted by atomic mass is 9.71. The minimum Gasteiger partial charge on any atom is -0.370 e. The number of piperidine rings is 1. The lowest BCUT2D eigenvalue weighted by molar-refractivity contribution is -0.125. The molecule has 5 heteroatoms. The molecule has 3 aliphatic rings. The van der Waals surface area contributed by atoms with Gasteiger partial charge in [-0.15, -0.1) is 0 Å². The molecule has 1 amide bonds. The van der Waals surface area contributed by atoms with Gasteiger partial charge in [-0.1, -0.05) is 84.4 Å². The number of fused-ring (bicyclic) bond motifs is 10. The van der Waals surface area contributed by atoms with Gasteiger partial charge >= 0.3 is 0 Å². The number of nitrogens with zero attached hydrogens (tertiary/aromatic N) is 1. The van der Waals surface area contributed by atoms with Gasteiger partial charge in [-0.25, -0.2) is 0 Å². The molecular weight excluding hydrogens is 456 g/mol. The molecule has 4 nitrogen and oxygen atoms in total. The molecule has 2 bridgehead atoms. The topological polar surface area (TPSA) is 41.6 Å². The summed E-state index contributed by atoms with van der Waals surface area (Å²) in [5, 5.41) is 4.01. The maximum absolute atomic E-state index is 14.0. The molecule has 0 aromatic heterocycles. The van der Waals surface area contributed by atoms with Crippen LogP contribution >= 0.6 is 11.6 Å². The summed E-state index contributed by atoms with van der Waals surface area (Å²) in [7, 11) is 0. The highest BCUT2D eigenvalue weighted by Crippen LogP contribution is 2.40. The third-order valence-corrected chi connectivity index (χ3v) is 7.99. The summed E-state index contributed by atoms with van der Waals surface area (Å²) in [6, 6.07) is 28.6. The average Bonchev–Trinajstić information content (AvgIpc) is 2.93. The van der Waals surface area contributed by atoms with Crippen LogP contribution in [0, 0.1) is 0 Å². The summed E-state index contributed by atoms with van der Waals surface area (Å²) in [4.78, 5) is 16.5. The second kappa shape index (κ2) is 10.5. The van der Waals surface area contributed by atoms with Crippen molar-refractivity contribution in [3.8, 4) is 0 Å². The number of nitrogens with one attached hydrogen (secondary N) is 1. The first-order chi connectivity index (χ1) is 17.1. The fourth-order valence-corrected chi connectivity index (χ4v) is 5.83. The van der Waals surface area contributed by atoms with Crippen molar-refractivity contribution in [2.45, 2.75) is 36.7 Å². The third-order valence-electron chi connectivity index (χ3n) is 7.74. The van der Waals surface area contributed by atoms with Crippen molar-refractivity contribution in [1.82, 2.24) is 10.2 Å². The summed E-state index contributed by atoms with van der Waals surface area (Å²) in [5.74, 6) is 0.0670. The predicted molar refractivity (Wildman–Crippen MR) is 141 cm³/mol. The Morgan fingerprint density at radius 2 is 1.31 bits per heavy atom. The highest BCUT2D eigenvalue weighted by molar-refractivity contribution is 6.30. The number of amides is 1. The Bertz CT molecular complexity index is 1070. The fraction of sp³-hybridized carbons (Fsp3) is 0.367. The lowest BCUT2D eigenvalue weighted by Crippen LogP contribution is -2.49. The molecule has 3 aromatic rings. The quantitative estimate of drug-likeness (QED) is 0.526. The van der Waals surface area contributed by atoms with Crippen molar-refractivity contribution >= 4 is 17.5 Å². The van der Waals surface area contributed by atoms with E-state index < -0.39 is 5.41 Å². The summed E-state index contributed by atoms with van der Waals surface area (Å²) in [6.07, 6.45) is 3.35. The van der Waals surface area contributed by atoms with Crippen molar-refractivity contribution in [1.29, 1.82) is 0 Å². The Morgan fingerprint density at radius 1 is 0.743 bits per heavy atom. The van der Waals surface area contributed by atoms with Crippen molar-refractivity contribution in [3.05, 3.63) is 107 Å². The normalized spacial score (nSPS) is 25.1. The summed E-state index contributed by atoms with van der Waals surface area (Å²) in [5.41, 5.74) is 2.25. The minimum atomic E-state index is -0.734. The summed E-state index contributed by atoms with van der Waals surface area (Å²) >= 11 is 6.17. The van der Waals surface area contributed by atoms with E-state index in [1.165, 1.54) is 5.56 Å². The third kappa shape index (κ3) is 4.88. The Labute approximate surface area is 213 Å². The number of benzene rings is 3. The zero-order chi connectivity index (χ0) is 24.1. The summed E-state index contributed by atoms with van der Waals surface area (Å²) < 4.78 is 6.59. The van der Waals surface area contributed by atoms with Crippen LogP contribution in [0.25, 0.3) is 0 Å². The standard InChI is InChI=1S/C30H33ClN2O2/c31-27-14-12-24(13-15-27)29-16-20-33(21-17-29)22-18-30(25-8-3-1-4-9-25,26-10-5-2-6-11-26)28(34)32-19-7-23-35-29/h1-6,8-15H,7,16-23H2,(H,32,34). The van der Waals surface area contributed by atoms with Crippen molar-refractivity contribution < 1.29 is 9.53 Å².